The van der Waals surface area contributed by atoms with E-state index in [2.05, 4.69) is 5.32 Å². The normalized spacial score (nSPS) is 15.7. The van der Waals surface area contributed by atoms with Gasteiger partial charge < -0.3 is 14.8 Å². The molecule has 0 saturated heterocycles. The number of carbonyl (C=O) groups is 1. The van der Waals surface area contributed by atoms with Crippen LogP contribution >= 0.6 is 11.8 Å². The number of hydrogen-bond donors (Lipinski definition) is 1. The third-order valence-electron chi connectivity index (χ3n) is 2.96. The maximum absolute atomic E-state index is 11.9. The molecule has 2 rings (SSSR count). The van der Waals surface area contributed by atoms with Gasteiger partial charge in [-0.1, -0.05) is 0 Å². The molecule has 1 atom stereocenters. The zero-order chi connectivity index (χ0) is 13.8. The van der Waals surface area contributed by atoms with Crippen molar-refractivity contribution in [2.45, 2.75) is 36.0 Å². The molecule has 4 nitrogen and oxygen atoms in total. The molecule has 0 heterocycles. The highest BCUT2D eigenvalue weighted by atomic mass is 32.2. The molecule has 5 heteroatoms. The number of methoxy groups -OCH3 is 2. The fraction of sp³-hybridized carbons (Fsp3) is 0.500. The van der Waals surface area contributed by atoms with Gasteiger partial charge in [0.2, 0.25) is 5.91 Å². The van der Waals surface area contributed by atoms with Gasteiger partial charge in [0, 0.05) is 10.9 Å². The predicted molar refractivity (Wildman–Crippen MR) is 76.0 cm³/mol. The molecule has 1 saturated carbocycles. The molecule has 1 aromatic carbocycles. The van der Waals surface area contributed by atoms with Crippen LogP contribution in [0.5, 0.6) is 11.5 Å². The smallest absolute Gasteiger partial charge is 0.233 e. The average molecular weight is 281 g/mol. The summed E-state index contributed by atoms with van der Waals surface area (Å²) in [5.41, 5.74) is 0. The number of hydrogen-bond acceptors (Lipinski definition) is 4. The highest BCUT2D eigenvalue weighted by Crippen LogP contribution is 2.33. The van der Waals surface area contributed by atoms with Crippen LogP contribution in [0.1, 0.15) is 19.8 Å². The Morgan fingerprint density at radius 2 is 2.00 bits per heavy atom. The summed E-state index contributed by atoms with van der Waals surface area (Å²) >= 11 is 1.52. The molecule has 0 spiro atoms. The highest BCUT2D eigenvalue weighted by Gasteiger charge is 2.26. The minimum atomic E-state index is -0.112. The fourth-order valence-corrected chi connectivity index (χ4v) is 2.60. The first-order chi connectivity index (χ1) is 9.13. The van der Waals surface area contributed by atoms with E-state index in [4.69, 9.17) is 9.47 Å². The molecule has 0 aromatic heterocycles. The van der Waals surface area contributed by atoms with Crippen molar-refractivity contribution in [1.29, 1.82) is 0 Å². The quantitative estimate of drug-likeness (QED) is 0.814. The van der Waals surface area contributed by atoms with E-state index in [0.717, 1.165) is 17.7 Å². The van der Waals surface area contributed by atoms with Gasteiger partial charge >= 0.3 is 0 Å². The van der Waals surface area contributed by atoms with E-state index in [1.807, 2.05) is 25.1 Å². The van der Waals surface area contributed by atoms with Gasteiger partial charge in [-0.05, 0) is 38.0 Å². The molecule has 1 N–H and O–H groups in total. The van der Waals surface area contributed by atoms with Crippen LogP contribution in [-0.4, -0.2) is 31.4 Å². The van der Waals surface area contributed by atoms with Crippen LogP contribution in [-0.2, 0) is 4.79 Å². The molecule has 1 amide bonds. The van der Waals surface area contributed by atoms with Crippen molar-refractivity contribution in [3.05, 3.63) is 18.2 Å². The number of carbonyl (C=O) groups excluding carboxylic acids is 1. The topological polar surface area (TPSA) is 47.6 Å². The first-order valence-corrected chi connectivity index (χ1v) is 7.21. The van der Waals surface area contributed by atoms with Crippen molar-refractivity contribution in [2.24, 2.45) is 0 Å². The van der Waals surface area contributed by atoms with E-state index in [9.17, 15) is 4.79 Å². The van der Waals surface area contributed by atoms with Gasteiger partial charge in [0.25, 0.3) is 0 Å². The molecule has 0 aliphatic heterocycles. The van der Waals surface area contributed by atoms with E-state index in [1.54, 1.807) is 14.2 Å². The van der Waals surface area contributed by atoms with Crippen molar-refractivity contribution >= 4 is 17.7 Å². The number of thioether (sulfide) groups is 1. The van der Waals surface area contributed by atoms with Crippen molar-refractivity contribution in [1.82, 2.24) is 5.32 Å². The molecular formula is C14H19NO3S. The molecular weight excluding hydrogens is 262 g/mol. The summed E-state index contributed by atoms with van der Waals surface area (Å²) in [6.45, 7) is 1.92. The maximum Gasteiger partial charge on any atom is 0.233 e. The summed E-state index contributed by atoms with van der Waals surface area (Å²) in [7, 11) is 3.21. The molecule has 19 heavy (non-hydrogen) atoms. The van der Waals surface area contributed by atoms with Crippen LogP contribution in [0.2, 0.25) is 0 Å². The SMILES string of the molecule is COc1ccc(S[C@@H](C)C(=O)NC2CC2)cc1OC. The van der Waals surface area contributed by atoms with E-state index in [0.29, 0.717) is 17.5 Å². The van der Waals surface area contributed by atoms with Crippen LogP contribution in [0.4, 0.5) is 0 Å². The molecule has 1 fully saturated rings. The minimum absolute atomic E-state index is 0.0993. The lowest BCUT2D eigenvalue weighted by Crippen LogP contribution is -2.32. The van der Waals surface area contributed by atoms with Crippen molar-refractivity contribution in [3.63, 3.8) is 0 Å². The van der Waals surface area contributed by atoms with Gasteiger partial charge in [-0.2, -0.15) is 0 Å². The summed E-state index contributed by atoms with van der Waals surface area (Å²) in [5.74, 6) is 1.48. The van der Waals surface area contributed by atoms with E-state index in [-0.39, 0.29) is 11.2 Å². The van der Waals surface area contributed by atoms with E-state index >= 15 is 0 Å². The Hall–Kier alpha value is -1.36. The molecule has 1 aliphatic carbocycles. The van der Waals surface area contributed by atoms with Crippen LogP contribution in [0, 0.1) is 0 Å². The first kappa shape index (κ1) is 14.1. The largest absolute Gasteiger partial charge is 0.493 e. The summed E-state index contributed by atoms with van der Waals surface area (Å²) in [6.07, 6.45) is 2.22. The number of amides is 1. The maximum atomic E-state index is 11.9. The predicted octanol–water partition coefficient (Wildman–Crippen LogP) is 2.46. The van der Waals surface area contributed by atoms with Crippen LogP contribution in [0.15, 0.2) is 23.1 Å². The average Bonchev–Trinajstić information content (AvgIpc) is 3.22. The molecule has 0 bridgehead atoms. The van der Waals surface area contributed by atoms with E-state index in [1.165, 1.54) is 11.8 Å². The first-order valence-electron chi connectivity index (χ1n) is 6.33. The highest BCUT2D eigenvalue weighted by molar-refractivity contribution is 8.00. The van der Waals surface area contributed by atoms with E-state index < -0.39 is 0 Å². The second-order valence-corrected chi connectivity index (χ2v) is 5.97. The molecule has 1 aliphatic rings. The zero-order valence-electron chi connectivity index (χ0n) is 11.4. The third kappa shape index (κ3) is 3.80. The lowest BCUT2D eigenvalue weighted by Gasteiger charge is -2.13. The Morgan fingerprint density at radius 3 is 2.58 bits per heavy atom. The molecule has 1 aromatic rings. The lowest BCUT2D eigenvalue weighted by molar-refractivity contribution is -0.120. The van der Waals surface area contributed by atoms with Crippen LogP contribution < -0.4 is 14.8 Å². The van der Waals surface area contributed by atoms with Crippen molar-refractivity contribution in [3.8, 4) is 11.5 Å². The van der Waals surface area contributed by atoms with Crippen molar-refractivity contribution < 1.29 is 14.3 Å². The number of ether oxygens (including phenoxy) is 2. The minimum Gasteiger partial charge on any atom is -0.493 e. The Bertz CT molecular complexity index is 460. The number of benzene rings is 1. The third-order valence-corrected chi connectivity index (χ3v) is 4.05. The Labute approximate surface area is 117 Å². The second-order valence-electron chi connectivity index (χ2n) is 4.56. The number of nitrogens with one attached hydrogen (secondary N) is 1. The lowest BCUT2D eigenvalue weighted by atomic mass is 10.3. The summed E-state index contributed by atoms with van der Waals surface area (Å²) in [4.78, 5) is 12.9. The summed E-state index contributed by atoms with van der Waals surface area (Å²) in [5, 5.41) is 2.90. The van der Waals surface area contributed by atoms with Gasteiger partial charge in [-0.3, -0.25) is 4.79 Å². The fourth-order valence-electron chi connectivity index (χ4n) is 1.69. The molecule has 0 radical (unpaired) electrons. The summed E-state index contributed by atoms with van der Waals surface area (Å²) in [6, 6.07) is 6.09. The van der Waals surface area contributed by atoms with Crippen LogP contribution in [0.25, 0.3) is 0 Å². The Kier molecular flexibility index (Phi) is 4.58. The monoisotopic (exact) mass is 281 g/mol. The van der Waals surface area contributed by atoms with Gasteiger partial charge in [-0.15, -0.1) is 11.8 Å². The van der Waals surface area contributed by atoms with Crippen LogP contribution in [0.3, 0.4) is 0 Å². The second kappa shape index (κ2) is 6.19. The number of rotatable bonds is 6. The Balaban J connectivity index is 1.99. The molecule has 104 valence electrons. The van der Waals surface area contributed by atoms with Gasteiger partial charge in [0.05, 0.1) is 19.5 Å². The van der Waals surface area contributed by atoms with Gasteiger partial charge in [-0.25, -0.2) is 0 Å². The van der Waals surface area contributed by atoms with Gasteiger partial charge in [0.1, 0.15) is 0 Å². The molecule has 0 unspecified atom stereocenters. The van der Waals surface area contributed by atoms with Gasteiger partial charge in [0.15, 0.2) is 11.5 Å². The zero-order valence-corrected chi connectivity index (χ0v) is 12.3. The standard InChI is InChI=1S/C14H19NO3S/c1-9(14(16)15-10-4-5-10)19-11-6-7-12(17-2)13(8-11)18-3/h6-10H,4-5H2,1-3H3,(H,15,16)/t9-/m0/s1. The Morgan fingerprint density at radius 1 is 1.32 bits per heavy atom. The van der Waals surface area contributed by atoms with Crippen molar-refractivity contribution in [2.75, 3.05) is 14.2 Å². The summed E-state index contributed by atoms with van der Waals surface area (Å²) < 4.78 is 10.4.